The molecule has 0 radical (unpaired) electrons. The van der Waals surface area contributed by atoms with Gasteiger partial charge in [-0.25, -0.2) is 0 Å². The lowest BCUT2D eigenvalue weighted by Crippen LogP contribution is -2.38. The molecule has 0 saturated heterocycles. The lowest BCUT2D eigenvalue weighted by Gasteiger charge is -2.19. The van der Waals surface area contributed by atoms with Crippen LogP contribution in [-0.4, -0.2) is 17.0 Å². The molecule has 1 atom stereocenters. The first-order valence-electron chi connectivity index (χ1n) is 6.12. The summed E-state index contributed by atoms with van der Waals surface area (Å²) in [5.41, 5.74) is 4.55. The van der Waals surface area contributed by atoms with E-state index in [0.29, 0.717) is 0 Å². The predicted molar refractivity (Wildman–Crippen MR) is 71.8 cm³/mol. The molecule has 1 rings (SSSR count). The van der Waals surface area contributed by atoms with Gasteiger partial charge in [-0.3, -0.25) is 4.79 Å². The van der Waals surface area contributed by atoms with Gasteiger partial charge in [0.05, 0.1) is 5.56 Å². The number of carbonyl (C=O) groups is 1. The van der Waals surface area contributed by atoms with Crippen LogP contribution in [0.4, 0.5) is 18.9 Å². The average Bonchev–Trinajstić information content (AvgIpc) is 2.37. The molecule has 0 aromatic heterocycles. The van der Waals surface area contributed by atoms with Crippen molar-refractivity contribution in [1.29, 1.82) is 0 Å². The number of amides is 1. The first-order chi connectivity index (χ1) is 9.66. The molecule has 1 amide bonds. The molecular weight excluding hydrogens is 287 g/mol. The van der Waals surface area contributed by atoms with E-state index in [1.807, 2.05) is 0 Å². The zero-order chi connectivity index (χ0) is 16.2. The molecule has 0 aliphatic rings. The normalized spacial score (nSPS) is 14.1. The molecule has 1 aromatic rings. The summed E-state index contributed by atoms with van der Waals surface area (Å²) in [6, 6.07) is 4.24. The highest BCUT2D eigenvalue weighted by molar-refractivity contribution is 6.07. The van der Waals surface area contributed by atoms with Crippen molar-refractivity contribution in [3.05, 3.63) is 29.8 Å². The van der Waals surface area contributed by atoms with Crippen molar-refractivity contribution in [1.82, 2.24) is 0 Å². The van der Waals surface area contributed by atoms with Crippen molar-refractivity contribution in [2.45, 2.75) is 20.0 Å². The number of nitrogens with one attached hydrogen (secondary N) is 1. The van der Waals surface area contributed by atoms with Crippen LogP contribution in [0.15, 0.2) is 29.4 Å². The van der Waals surface area contributed by atoms with Crippen molar-refractivity contribution in [3.8, 4) is 0 Å². The number of hydrogen-bond donors (Lipinski definition) is 3. The maximum Gasteiger partial charge on any atom is 0.416 e. The van der Waals surface area contributed by atoms with Crippen LogP contribution >= 0.6 is 0 Å². The zero-order valence-corrected chi connectivity index (χ0v) is 11.5. The standard InChI is InChI=1S/C13H16F3N3O2/c1-7(2)10(11(17)19-21)12(20)18-9-5-3-4-8(6-9)13(14,15)16/h3-7,10,21H,1-2H3,(H2,17,19)(H,18,20). The SMILES string of the molecule is CC(C)C(C(=O)Nc1cccc(C(F)(F)F)c1)C(N)=NO. The van der Waals surface area contributed by atoms with E-state index in [1.54, 1.807) is 13.8 Å². The minimum atomic E-state index is -4.50. The Kier molecular flexibility index (Phi) is 5.17. The van der Waals surface area contributed by atoms with Crippen LogP contribution in [0.1, 0.15) is 19.4 Å². The molecule has 1 aromatic carbocycles. The van der Waals surface area contributed by atoms with Crippen LogP contribution in [0.2, 0.25) is 0 Å². The molecule has 1 unspecified atom stereocenters. The van der Waals surface area contributed by atoms with E-state index in [1.165, 1.54) is 12.1 Å². The van der Waals surface area contributed by atoms with E-state index >= 15 is 0 Å². The van der Waals surface area contributed by atoms with Crippen molar-refractivity contribution in [3.63, 3.8) is 0 Å². The number of amidine groups is 1. The van der Waals surface area contributed by atoms with Gasteiger partial charge in [0.25, 0.3) is 0 Å². The summed E-state index contributed by atoms with van der Waals surface area (Å²) in [6.45, 7) is 3.35. The molecule has 21 heavy (non-hydrogen) atoms. The fraction of sp³-hybridized carbons (Fsp3) is 0.385. The molecule has 0 spiro atoms. The van der Waals surface area contributed by atoms with E-state index < -0.39 is 23.6 Å². The summed E-state index contributed by atoms with van der Waals surface area (Å²) < 4.78 is 37.8. The van der Waals surface area contributed by atoms with Gasteiger partial charge in [-0.1, -0.05) is 25.1 Å². The van der Waals surface area contributed by atoms with E-state index in [4.69, 9.17) is 10.9 Å². The molecule has 0 saturated carbocycles. The topological polar surface area (TPSA) is 87.7 Å². The van der Waals surface area contributed by atoms with Gasteiger partial charge < -0.3 is 16.3 Å². The highest BCUT2D eigenvalue weighted by atomic mass is 19.4. The number of rotatable bonds is 4. The Hall–Kier alpha value is -2.25. The minimum Gasteiger partial charge on any atom is -0.409 e. The average molecular weight is 303 g/mol. The van der Waals surface area contributed by atoms with Gasteiger partial charge in [0.2, 0.25) is 5.91 Å². The van der Waals surface area contributed by atoms with Crippen LogP contribution in [-0.2, 0) is 11.0 Å². The molecular formula is C13H16F3N3O2. The predicted octanol–water partition coefficient (Wildman–Crippen LogP) is 2.66. The maximum atomic E-state index is 12.6. The van der Waals surface area contributed by atoms with Gasteiger partial charge >= 0.3 is 6.18 Å². The summed E-state index contributed by atoms with van der Waals surface area (Å²) >= 11 is 0. The molecule has 8 heteroatoms. The van der Waals surface area contributed by atoms with Gasteiger partial charge in [0.15, 0.2) is 5.84 Å². The largest absolute Gasteiger partial charge is 0.416 e. The number of carbonyl (C=O) groups excluding carboxylic acids is 1. The van der Waals surface area contributed by atoms with Gasteiger partial charge in [0.1, 0.15) is 5.92 Å². The number of nitrogens with two attached hydrogens (primary N) is 1. The smallest absolute Gasteiger partial charge is 0.409 e. The molecule has 4 N–H and O–H groups in total. The van der Waals surface area contributed by atoms with E-state index in [9.17, 15) is 18.0 Å². The molecule has 0 aliphatic carbocycles. The number of hydrogen-bond acceptors (Lipinski definition) is 3. The molecule has 0 bridgehead atoms. The summed E-state index contributed by atoms with van der Waals surface area (Å²) in [6.07, 6.45) is -4.50. The fourth-order valence-electron chi connectivity index (χ4n) is 1.83. The van der Waals surface area contributed by atoms with Crippen LogP contribution in [0.25, 0.3) is 0 Å². The molecule has 0 heterocycles. The van der Waals surface area contributed by atoms with Crippen molar-refractivity contribution in [2.24, 2.45) is 22.7 Å². The summed E-state index contributed by atoms with van der Waals surface area (Å²) in [4.78, 5) is 12.1. The highest BCUT2D eigenvalue weighted by Crippen LogP contribution is 2.30. The van der Waals surface area contributed by atoms with Crippen LogP contribution in [0.3, 0.4) is 0 Å². The molecule has 0 aliphatic heterocycles. The zero-order valence-electron chi connectivity index (χ0n) is 11.5. The van der Waals surface area contributed by atoms with Crippen LogP contribution in [0, 0.1) is 11.8 Å². The Bertz CT molecular complexity index is 542. The Balaban J connectivity index is 2.97. The second kappa shape index (κ2) is 6.47. The van der Waals surface area contributed by atoms with Crippen molar-refractivity contribution >= 4 is 17.4 Å². The third kappa shape index (κ3) is 4.37. The number of nitrogens with zero attached hydrogens (tertiary/aromatic N) is 1. The molecule has 0 fully saturated rings. The monoisotopic (exact) mass is 303 g/mol. The third-order valence-electron chi connectivity index (χ3n) is 2.84. The Morgan fingerprint density at radius 3 is 2.48 bits per heavy atom. The Morgan fingerprint density at radius 1 is 1.38 bits per heavy atom. The first-order valence-corrected chi connectivity index (χ1v) is 6.12. The van der Waals surface area contributed by atoms with Gasteiger partial charge in [-0.05, 0) is 24.1 Å². The Labute approximate surface area is 119 Å². The van der Waals surface area contributed by atoms with Crippen molar-refractivity contribution in [2.75, 3.05) is 5.32 Å². The van der Waals surface area contributed by atoms with Crippen LogP contribution < -0.4 is 11.1 Å². The number of oxime groups is 1. The third-order valence-corrected chi connectivity index (χ3v) is 2.84. The lowest BCUT2D eigenvalue weighted by atomic mass is 9.93. The molecule has 116 valence electrons. The number of alkyl halides is 3. The second-order valence-corrected chi connectivity index (χ2v) is 4.81. The second-order valence-electron chi connectivity index (χ2n) is 4.81. The number of benzene rings is 1. The van der Waals surface area contributed by atoms with Gasteiger partial charge in [0, 0.05) is 5.69 Å². The Morgan fingerprint density at radius 2 is 2.00 bits per heavy atom. The quantitative estimate of drug-likeness (QED) is 0.346. The summed E-state index contributed by atoms with van der Waals surface area (Å²) in [7, 11) is 0. The molecule has 5 nitrogen and oxygen atoms in total. The first kappa shape index (κ1) is 16.8. The van der Waals surface area contributed by atoms with Gasteiger partial charge in [-0.2, -0.15) is 13.2 Å². The van der Waals surface area contributed by atoms with E-state index in [2.05, 4.69) is 10.5 Å². The van der Waals surface area contributed by atoms with E-state index in [0.717, 1.165) is 12.1 Å². The number of anilines is 1. The highest BCUT2D eigenvalue weighted by Gasteiger charge is 2.31. The van der Waals surface area contributed by atoms with Gasteiger partial charge in [-0.15, -0.1) is 0 Å². The lowest BCUT2D eigenvalue weighted by molar-refractivity contribution is -0.137. The van der Waals surface area contributed by atoms with Crippen LogP contribution in [0.5, 0.6) is 0 Å². The van der Waals surface area contributed by atoms with E-state index in [-0.39, 0.29) is 17.4 Å². The minimum absolute atomic E-state index is 0.00813. The summed E-state index contributed by atoms with van der Waals surface area (Å²) in [5, 5.41) is 13.8. The maximum absolute atomic E-state index is 12.6. The van der Waals surface area contributed by atoms with Crippen molar-refractivity contribution < 1.29 is 23.2 Å². The summed E-state index contributed by atoms with van der Waals surface area (Å²) in [5.74, 6) is -2.16. The number of halogens is 3. The fourth-order valence-corrected chi connectivity index (χ4v) is 1.83.